The Morgan fingerprint density at radius 3 is 1.78 bits per heavy atom. The fourth-order valence-electron chi connectivity index (χ4n) is 2.27. The maximum Gasteiger partial charge on any atom is 0.360 e. The molecule has 3 rings (SSSR count). The lowest BCUT2D eigenvalue weighted by molar-refractivity contribution is 0.532. The summed E-state index contributed by atoms with van der Waals surface area (Å²) in [6.45, 7) is 1.89. The Morgan fingerprint density at radius 1 is 0.609 bits per heavy atom. The van der Waals surface area contributed by atoms with Crippen molar-refractivity contribution in [2.45, 2.75) is 6.92 Å². The summed E-state index contributed by atoms with van der Waals surface area (Å²) >= 11 is 24.2. The van der Waals surface area contributed by atoms with Crippen molar-refractivity contribution >= 4 is 46.4 Å². The maximum absolute atomic E-state index is 6.11. The predicted molar refractivity (Wildman–Crippen MR) is 98.8 cm³/mol. The summed E-state index contributed by atoms with van der Waals surface area (Å²) in [7, 11) is 0. The van der Waals surface area contributed by atoms with Gasteiger partial charge in [-0.25, -0.2) is 4.42 Å². The quantitative estimate of drug-likeness (QED) is 0.410. The van der Waals surface area contributed by atoms with Crippen molar-refractivity contribution in [1.29, 1.82) is 0 Å². The van der Waals surface area contributed by atoms with Gasteiger partial charge in [-0.2, -0.15) is 0 Å². The third-order valence-corrected chi connectivity index (χ3v) is 4.85. The average molecular weight is 385 g/mol. The first kappa shape index (κ1) is 16.6. The number of halogens is 4. The standard InChI is InChI=1S/C18H11Cl4O/c1-10-6-13(11-2-4-14(19)16(21)7-11)9-18(23-10)12-3-5-15(20)17(22)8-12/h2-9H,1H3/q+1. The van der Waals surface area contributed by atoms with Gasteiger partial charge in [0.1, 0.15) is 0 Å². The van der Waals surface area contributed by atoms with Crippen molar-refractivity contribution in [3.63, 3.8) is 0 Å². The van der Waals surface area contributed by atoms with E-state index < -0.39 is 0 Å². The first-order chi connectivity index (χ1) is 10.9. The first-order valence-electron chi connectivity index (χ1n) is 6.79. The molecule has 23 heavy (non-hydrogen) atoms. The molecule has 0 saturated heterocycles. The van der Waals surface area contributed by atoms with E-state index in [0.29, 0.717) is 25.9 Å². The molecule has 0 aliphatic heterocycles. The van der Waals surface area contributed by atoms with Gasteiger partial charge in [-0.1, -0.05) is 52.5 Å². The molecular formula is C18H11Cl4O+. The molecule has 0 radical (unpaired) electrons. The molecule has 0 aliphatic carbocycles. The predicted octanol–water partition coefficient (Wildman–Crippen LogP) is 7.82. The van der Waals surface area contributed by atoms with Gasteiger partial charge in [0.15, 0.2) is 0 Å². The zero-order chi connectivity index (χ0) is 16.6. The van der Waals surface area contributed by atoms with Crippen LogP contribution in [0.15, 0.2) is 52.9 Å². The van der Waals surface area contributed by atoms with E-state index in [1.54, 1.807) is 18.2 Å². The molecule has 0 amide bonds. The Labute approximate surface area is 154 Å². The highest BCUT2D eigenvalue weighted by molar-refractivity contribution is 6.42. The molecule has 2 aromatic carbocycles. The zero-order valence-corrected chi connectivity index (χ0v) is 15.1. The van der Waals surface area contributed by atoms with E-state index in [1.807, 2.05) is 37.3 Å². The van der Waals surface area contributed by atoms with Gasteiger partial charge in [0.25, 0.3) is 0 Å². The minimum atomic E-state index is 0.483. The summed E-state index contributed by atoms with van der Waals surface area (Å²) in [4.78, 5) is 0. The van der Waals surface area contributed by atoms with E-state index in [0.717, 1.165) is 22.5 Å². The van der Waals surface area contributed by atoms with E-state index in [4.69, 9.17) is 50.8 Å². The van der Waals surface area contributed by atoms with Gasteiger partial charge in [-0.05, 0) is 35.9 Å². The molecule has 0 unspecified atom stereocenters. The van der Waals surface area contributed by atoms with Crippen LogP contribution in [0, 0.1) is 6.92 Å². The van der Waals surface area contributed by atoms with Gasteiger partial charge in [-0.3, -0.25) is 0 Å². The second-order valence-corrected chi connectivity index (χ2v) is 6.71. The molecule has 0 aliphatic rings. The SMILES string of the molecule is Cc1cc(-c2ccc(Cl)c(Cl)c2)cc(-c2ccc(Cl)c(Cl)c2)[o+]1. The molecule has 0 fully saturated rings. The molecule has 0 saturated carbocycles. The van der Waals surface area contributed by atoms with Crippen LogP contribution < -0.4 is 0 Å². The molecule has 0 N–H and O–H groups in total. The van der Waals surface area contributed by atoms with Crippen LogP contribution in [-0.2, 0) is 0 Å². The number of aryl methyl sites for hydroxylation is 1. The molecule has 1 heterocycles. The van der Waals surface area contributed by atoms with Crippen LogP contribution in [0.1, 0.15) is 5.76 Å². The van der Waals surface area contributed by atoms with Crippen molar-refractivity contribution < 1.29 is 4.42 Å². The molecule has 116 valence electrons. The lowest BCUT2D eigenvalue weighted by atomic mass is 10.0. The summed E-state index contributed by atoms with van der Waals surface area (Å²) in [6, 6.07) is 14.8. The number of benzene rings is 2. The molecule has 1 aromatic heterocycles. The Kier molecular flexibility index (Phi) is 4.84. The van der Waals surface area contributed by atoms with Gasteiger partial charge >= 0.3 is 11.5 Å². The van der Waals surface area contributed by atoms with Crippen LogP contribution in [0.2, 0.25) is 20.1 Å². The summed E-state index contributed by atoms with van der Waals surface area (Å²) in [5, 5.41) is 2.03. The minimum absolute atomic E-state index is 0.483. The maximum atomic E-state index is 6.11. The second-order valence-electron chi connectivity index (χ2n) is 5.08. The smallest absolute Gasteiger partial charge is 0.213 e. The molecule has 0 bridgehead atoms. The highest BCUT2D eigenvalue weighted by Crippen LogP contribution is 2.34. The monoisotopic (exact) mass is 383 g/mol. The lowest BCUT2D eigenvalue weighted by Crippen LogP contribution is -1.85. The minimum Gasteiger partial charge on any atom is -0.213 e. The topological polar surface area (TPSA) is 11.3 Å². The van der Waals surface area contributed by atoms with Crippen molar-refractivity contribution in [2.24, 2.45) is 0 Å². The summed E-state index contributed by atoms with van der Waals surface area (Å²) in [5.41, 5.74) is 2.79. The van der Waals surface area contributed by atoms with Gasteiger partial charge in [0.2, 0.25) is 0 Å². The second kappa shape index (κ2) is 6.70. The van der Waals surface area contributed by atoms with E-state index >= 15 is 0 Å². The first-order valence-corrected chi connectivity index (χ1v) is 8.31. The highest BCUT2D eigenvalue weighted by atomic mass is 35.5. The Morgan fingerprint density at radius 2 is 1.17 bits per heavy atom. The van der Waals surface area contributed by atoms with Crippen LogP contribution in [0.4, 0.5) is 0 Å². The fourth-order valence-corrected chi connectivity index (χ4v) is 2.86. The van der Waals surface area contributed by atoms with E-state index in [-0.39, 0.29) is 0 Å². The van der Waals surface area contributed by atoms with Gasteiger partial charge < -0.3 is 0 Å². The Balaban J connectivity index is 2.11. The molecule has 3 aromatic rings. The van der Waals surface area contributed by atoms with Crippen LogP contribution in [0.25, 0.3) is 22.5 Å². The van der Waals surface area contributed by atoms with Crippen LogP contribution in [-0.4, -0.2) is 0 Å². The van der Waals surface area contributed by atoms with E-state index in [1.165, 1.54) is 0 Å². The fraction of sp³-hybridized carbons (Fsp3) is 0.0556. The molecular weight excluding hydrogens is 374 g/mol. The number of rotatable bonds is 2. The van der Waals surface area contributed by atoms with Crippen molar-refractivity contribution in [1.82, 2.24) is 0 Å². The van der Waals surface area contributed by atoms with Crippen LogP contribution in [0.3, 0.4) is 0 Å². The Hall–Kier alpha value is -1.25. The molecule has 1 nitrogen and oxygen atoms in total. The van der Waals surface area contributed by atoms with E-state index in [9.17, 15) is 0 Å². The molecule has 0 spiro atoms. The van der Waals surface area contributed by atoms with Gasteiger partial charge in [0, 0.05) is 11.6 Å². The molecule has 5 heteroatoms. The third-order valence-electron chi connectivity index (χ3n) is 3.37. The zero-order valence-electron chi connectivity index (χ0n) is 12.0. The third kappa shape index (κ3) is 3.64. The summed E-state index contributed by atoms with van der Waals surface area (Å²) in [5.74, 6) is 1.47. The molecule has 0 atom stereocenters. The highest BCUT2D eigenvalue weighted by Gasteiger charge is 2.17. The van der Waals surface area contributed by atoms with Crippen LogP contribution >= 0.6 is 46.4 Å². The summed E-state index contributed by atoms with van der Waals surface area (Å²) in [6.07, 6.45) is 0. The van der Waals surface area contributed by atoms with Crippen molar-refractivity contribution in [3.05, 3.63) is 74.4 Å². The largest absolute Gasteiger partial charge is 0.360 e. The normalized spacial score (nSPS) is 10.8. The van der Waals surface area contributed by atoms with Crippen molar-refractivity contribution in [2.75, 3.05) is 0 Å². The average Bonchev–Trinajstić information content (AvgIpc) is 2.52. The number of hydrogen-bond acceptors (Lipinski definition) is 0. The van der Waals surface area contributed by atoms with Crippen molar-refractivity contribution in [3.8, 4) is 22.5 Å². The van der Waals surface area contributed by atoms with Gasteiger partial charge in [0.05, 0.1) is 38.6 Å². The van der Waals surface area contributed by atoms with E-state index in [2.05, 4.69) is 0 Å². The number of hydrogen-bond donors (Lipinski definition) is 0. The lowest BCUT2D eigenvalue weighted by Gasteiger charge is -2.03. The van der Waals surface area contributed by atoms with Crippen LogP contribution in [0.5, 0.6) is 0 Å². The van der Waals surface area contributed by atoms with Gasteiger partial charge in [-0.15, -0.1) is 0 Å². The summed E-state index contributed by atoms with van der Waals surface area (Å²) < 4.78 is 5.81. The Bertz CT molecular complexity index is 820.